The van der Waals surface area contributed by atoms with Crippen LogP contribution in [-0.4, -0.2) is 16.9 Å². The van der Waals surface area contributed by atoms with Crippen molar-refractivity contribution in [3.63, 3.8) is 0 Å². The van der Waals surface area contributed by atoms with Gasteiger partial charge in [-0.25, -0.2) is 0 Å². The quantitative estimate of drug-likeness (QED) is 0.838. The fourth-order valence-electron chi connectivity index (χ4n) is 3.10. The maximum atomic E-state index is 12.4. The van der Waals surface area contributed by atoms with E-state index in [1.54, 1.807) is 12.4 Å². The summed E-state index contributed by atoms with van der Waals surface area (Å²) >= 11 is 0. The minimum atomic E-state index is -0.0387. The molecule has 0 spiro atoms. The number of carbonyl (C=O) groups excluding carboxylic acids is 1. The van der Waals surface area contributed by atoms with Gasteiger partial charge < -0.3 is 11.1 Å². The Morgan fingerprint density at radius 2 is 2.00 bits per heavy atom. The average Bonchev–Trinajstić information content (AvgIpc) is 2.63. The first-order valence-corrected chi connectivity index (χ1v) is 8.45. The molecule has 1 aliphatic carbocycles. The third-order valence-corrected chi connectivity index (χ3v) is 4.54. The second-order valence-corrected chi connectivity index (χ2v) is 6.26. The summed E-state index contributed by atoms with van der Waals surface area (Å²) < 4.78 is 0. The van der Waals surface area contributed by atoms with Crippen LogP contribution in [0.25, 0.3) is 11.1 Å². The number of carbonyl (C=O) groups is 1. The van der Waals surface area contributed by atoms with E-state index in [1.807, 2.05) is 30.3 Å². The van der Waals surface area contributed by atoms with E-state index in [0.29, 0.717) is 11.3 Å². The molecule has 0 saturated heterocycles. The summed E-state index contributed by atoms with van der Waals surface area (Å²) in [5, 5.41) is 3.09. The van der Waals surface area contributed by atoms with Gasteiger partial charge in [0, 0.05) is 23.4 Å². The second kappa shape index (κ2) is 7.30. The molecule has 4 nitrogen and oxygen atoms in total. The molecule has 1 aromatic heterocycles. The van der Waals surface area contributed by atoms with Crippen molar-refractivity contribution in [3.8, 4) is 11.1 Å². The van der Waals surface area contributed by atoms with Gasteiger partial charge in [-0.3, -0.25) is 9.78 Å². The molecule has 3 N–H and O–H groups in total. The monoisotopic (exact) mass is 321 g/mol. The van der Waals surface area contributed by atoms with Gasteiger partial charge in [-0.05, 0) is 56.4 Å². The van der Waals surface area contributed by atoms with Crippen LogP contribution in [-0.2, 0) is 0 Å². The van der Waals surface area contributed by atoms with E-state index in [0.717, 1.165) is 24.0 Å². The number of pyridine rings is 1. The Morgan fingerprint density at radius 3 is 2.67 bits per heavy atom. The lowest BCUT2D eigenvalue weighted by atomic mass is 9.94. The highest BCUT2D eigenvalue weighted by molar-refractivity contribution is 5.95. The number of benzene rings is 1. The van der Waals surface area contributed by atoms with Crippen molar-refractivity contribution in [3.05, 3.63) is 59.9 Å². The predicted molar refractivity (Wildman–Crippen MR) is 97.6 cm³/mol. The third-order valence-electron chi connectivity index (χ3n) is 4.54. The number of anilines is 1. The van der Waals surface area contributed by atoms with Crippen molar-refractivity contribution >= 4 is 11.6 Å². The van der Waals surface area contributed by atoms with Crippen LogP contribution in [0.4, 0.5) is 5.69 Å². The zero-order chi connectivity index (χ0) is 16.9. The van der Waals surface area contributed by atoms with E-state index in [4.69, 9.17) is 5.73 Å². The van der Waals surface area contributed by atoms with Crippen LogP contribution in [0, 0.1) is 0 Å². The van der Waals surface area contributed by atoms with Crippen molar-refractivity contribution in [1.82, 2.24) is 10.3 Å². The van der Waals surface area contributed by atoms with Crippen molar-refractivity contribution in [1.29, 1.82) is 0 Å². The summed E-state index contributed by atoms with van der Waals surface area (Å²) in [6.45, 7) is 2.06. The highest BCUT2D eigenvalue weighted by atomic mass is 16.1. The van der Waals surface area contributed by atoms with Crippen LogP contribution in [0.1, 0.15) is 43.0 Å². The normalized spacial score (nSPS) is 15.5. The number of allylic oxidation sites excluding steroid dienone is 1. The Balaban J connectivity index is 1.70. The molecule has 0 aliphatic heterocycles. The molecule has 1 heterocycles. The smallest absolute Gasteiger partial charge is 0.251 e. The van der Waals surface area contributed by atoms with Gasteiger partial charge in [0.15, 0.2) is 0 Å². The van der Waals surface area contributed by atoms with Crippen LogP contribution in [0.3, 0.4) is 0 Å². The van der Waals surface area contributed by atoms with E-state index in [-0.39, 0.29) is 11.9 Å². The molecular weight excluding hydrogens is 298 g/mol. The van der Waals surface area contributed by atoms with Crippen LogP contribution in [0.15, 0.2) is 54.4 Å². The molecule has 1 aliphatic rings. The average molecular weight is 321 g/mol. The molecular formula is C20H23N3O. The van der Waals surface area contributed by atoms with Crippen LogP contribution in [0.5, 0.6) is 0 Å². The van der Waals surface area contributed by atoms with Crippen molar-refractivity contribution < 1.29 is 4.79 Å². The summed E-state index contributed by atoms with van der Waals surface area (Å²) in [5.41, 5.74) is 10.5. The zero-order valence-electron chi connectivity index (χ0n) is 14.0. The molecule has 1 unspecified atom stereocenters. The number of hydrogen-bond donors (Lipinski definition) is 2. The van der Waals surface area contributed by atoms with Gasteiger partial charge >= 0.3 is 0 Å². The lowest BCUT2D eigenvalue weighted by Crippen LogP contribution is -2.34. The van der Waals surface area contributed by atoms with Gasteiger partial charge in [0.1, 0.15) is 0 Å². The Labute approximate surface area is 142 Å². The number of amides is 1. The molecule has 1 amide bonds. The van der Waals surface area contributed by atoms with Crippen LogP contribution >= 0.6 is 0 Å². The molecule has 0 fully saturated rings. The van der Waals surface area contributed by atoms with Crippen LogP contribution in [0.2, 0.25) is 0 Å². The molecule has 4 heteroatoms. The first kappa shape index (κ1) is 16.2. The Hall–Kier alpha value is -2.62. The van der Waals surface area contributed by atoms with Gasteiger partial charge in [0.05, 0.1) is 11.9 Å². The number of nitrogens with one attached hydrogen (secondary N) is 1. The van der Waals surface area contributed by atoms with E-state index in [1.165, 1.54) is 18.4 Å². The van der Waals surface area contributed by atoms with Crippen molar-refractivity contribution in [2.45, 2.75) is 38.6 Å². The van der Waals surface area contributed by atoms with E-state index in [2.05, 4.69) is 23.3 Å². The summed E-state index contributed by atoms with van der Waals surface area (Å²) in [6.07, 6.45) is 10.3. The van der Waals surface area contributed by atoms with Crippen molar-refractivity contribution in [2.24, 2.45) is 0 Å². The van der Waals surface area contributed by atoms with Gasteiger partial charge in [-0.2, -0.15) is 0 Å². The molecule has 24 heavy (non-hydrogen) atoms. The van der Waals surface area contributed by atoms with Gasteiger partial charge in [0.2, 0.25) is 0 Å². The molecule has 2 aromatic rings. The Bertz CT molecular complexity index is 750. The van der Waals surface area contributed by atoms with Gasteiger partial charge in [0.25, 0.3) is 5.91 Å². The maximum absolute atomic E-state index is 12.4. The minimum Gasteiger partial charge on any atom is -0.397 e. The Kier molecular flexibility index (Phi) is 4.94. The summed E-state index contributed by atoms with van der Waals surface area (Å²) in [5.74, 6) is -0.0387. The predicted octanol–water partition coefficient (Wildman–Crippen LogP) is 3.95. The summed E-state index contributed by atoms with van der Waals surface area (Å²) in [6, 6.07) is 9.49. The maximum Gasteiger partial charge on any atom is 0.251 e. The van der Waals surface area contributed by atoms with Crippen molar-refractivity contribution in [2.75, 3.05) is 5.73 Å². The lowest BCUT2D eigenvalue weighted by molar-refractivity contribution is 0.0944. The second-order valence-electron chi connectivity index (χ2n) is 6.26. The first-order valence-electron chi connectivity index (χ1n) is 8.45. The van der Waals surface area contributed by atoms with E-state index in [9.17, 15) is 4.79 Å². The molecule has 0 bridgehead atoms. The highest BCUT2D eigenvalue weighted by Gasteiger charge is 2.15. The number of hydrogen-bond acceptors (Lipinski definition) is 3. The molecule has 0 radical (unpaired) electrons. The number of nitrogens with two attached hydrogens (primary N) is 1. The molecule has 1 atom stereocenters. The minimum absolute atomic E-state index is 0.0387. The molecule has 3 rings (SSSR count). The topological polar surface area (TPSA) is 68.0 Å². The molecule has 1 aromatic carbocycles. The number of nitrogen functional groups attached to an aromatic ring is 1. The number of nitrogens with zero attached hydrogens (tertiary/aromatic N) is 1. The standard InChI is InChI=1S/C20H23N3O/c1-14(15-5-3-2-4-6-15)23-20(24)17-9-7-16(8-10-17)18-11-12-22-13-19(18)21/h5,7-14H,2-4,6,21H2,1H3,(H,23,24). The lowest BCUT2D eigenvalue weighted by Gasteiger charge is -2.21. The van der Waals surface area contributed by atoms with Gasteiger partial charge in [-0.1, -0.05) is 23.8 Å². The first-order chi connectivity index (χ1) is 11.6. The fraction of sp³-hybridized carbons (Fsp3) is 0.300. The number of aromatic nitrogens is 1. The summed E-state index contributed by atoms with van der Waals surface area (Å²) in [7, 11) is 0. The van der Waals surface area contributed by atoms with Gasteiger partial charge in [-0.15, -0.1) is 0 Å². The van der Waals surface area contributed by atoms with Crippen LogP contribution < -0.4 is 11.1 Å². The van der Waals surface area contributed by atoms with E-state index < -0.39 is 0 Å². The Morgan fingerprint density at radius 1 is 1.21 bits per heavy atom. The fourth-order valence-corrected chi connectivity index (χ4v) is 3.10. The van der Waals surface area contributed by atoms with E-state index >= 15 is 0 Å². The molecule has 0 saturated carbocycles. The largest absolute Gasteiger partial charge is 0.397 e. The summed E-state index contributed by atoms with van der Waals surface area (Å²) in [4.78, 5) is 16.4. The zero-order valence-corrected chi connectivity index (χ0v) is 14.0. The number of rotatable bonds is 4. The highest BCUT2D eigenvalue weighted by Crippen LogP contribution is 2.25. The third kappa shape index (κ3) is 3.65. The molecule has 124 valence electrons. The SMILES string of the molecule is CC(NC(=O)c1ccc(-c2ccncc2N)cc1)C1=CCCCC1.